The van der Waals surface area contributed by atoms with Crippen LogP contribution in [0.2, 0.25) is 0 Å². The summed E-state index contributed by atoms with van der Waals surface area (Å²) < 4.78 is 5.65. The number of allylic oxidation sites excluding steroid dienone is 1. The van der Waals surface area contributed by atoms with E-state index >= 15 is 0 Å². The van der Waals surface area contributed by atoms with Crippen LogP contribution in [0.15, 0.2) is 60.7 Å². The number of alkyl carbamates (subject to hydrolysis) is 1. The summed E-state index contributed by atoms with van der Waals surface area (Å²) in [4.78, 5) is 38.0. The quantitative estimate of drug-likeness (QED) is 0.587. The van der Waals surface area contributed by atoms with Crippen molar-refractivity contribution in [1.29, 1.82) is 0 Å². The fourth-order valence-electron chi connectivity index (χ4n) is 5.51. The molecule has 5 rings (SSSR count). The predicted octanol–water partition coefficient (Wildman–Crippen LogP) is 4.18. The normalized spacial score (nSPS) is 21.1. The molecular formula is C28H30N2O5. The number of carboxylic acids is 1. The van der Waals surface area contributed by atoms with Crippen molar-refractivity contribution in [3.8, 4) is 11.1 Å². The molecule has 2 N–H and O–H groups in total. The van der Waals surface area contributed by atoms with Crippen LogP contribution in [0.4, 0.5) is 4.79 Å². The Morgan fingerprint density at radius 3 is 2.31 bits per heavy atom. The summed E-state index contributed by atoms with van der Waals surface area (Å²) in [5.74, 6) is -0.622. The average Bonchev–Trinajstić information content (AvgIpc) is 3.15. The van der Waals surface area contributed by atoms with E-state index in [2.05, 4.69) is 29.6 Å². The Bertz CT molecular complexity index is 1110. The predicted molar refractivity (Wildman–Crippen MR) is 131 cm³/mol. The second-order valence-corrected chi connectivity index (χ2v) is 9.71. The zero-order valence-electron chi connectivity index (χ0n) is 19.6. The number of carbonyl (C=O) groups is 3. The number of hydrogen-bond acceptors (Lipinski definition) is 4. The number of fused-ring (bicyclic) bond motifs is 3. The highest BCUT2D eigenvalue weighted by molar-refractivity contribution is 5.81. The fourth-order valence-corrected chi connectivity index (χ4v) is 5.51. The lowest BCUT2D eigenvalue weighted by atomic mass is 9.87. The maximum absolute atomic E-state index is 12.9. The van der Waals surface area contributed by atoms with E-state index < -0.39 is 12.1 Å². The molecule has 2 atom stereocenters. The van der Waals surface area contributed by atoms with Crippen molar-refractivity contribution in [3.63, 3.8) is 0 Å². The Morgan fingerprint density at radius 2 is 1.66 bits per heavy atom. The number of likely N-dealkylation sites (tertiary alicyclic amines) is 1. The molecule has 2 amide bonds. The molecule has 35 heavy (non-hydrogen) atoms. The minimum atomic E-state index is -0.797. The Labute approximate surface area is 204 Å². The van der Waals surface area contributed by atoms with Crippen molar-refractivity contribution in [2.24, 2.45) is 11.8 Å². The van der Waals surface area contributed by atoms with Crippen LogP contribution in [0.25, 0.3) is 11.1 Å². The van der Waals surface area contributed by atoms with Gasteiger partial charge in [0.15, 0.2) is 0 Å². The third-order valence-corrected chi connectivity index (χ3v) is 7.36. The first-order chi connectivity index (χ1) is 17.0. The molecular weight excluding hydrogens is 444 g/mol. The average molecular weight is 475 g/mol. The first-order valence-corrected chi connectivity index (χ1v) is 12.3. The Kier molecular flexibility index (Phi) is 6.57. The molecule has 1 saturated heterocycles. The third kappa shape index (κ3) is 4.94. The van der Waals surface area contributed by atoms with Crippen LogP contribution < -0.4 is 5.32 Å². The highest BCUT2D eigenvalue weighted by atomic mass is 16.5. The van der Waals surface area contributed by atoms with Gasteiger partial charge >= 0.3 is 12.1 Å². The van der Waals surface area contributed by atoms with Crippen LogP contribution in [0, 0.1) is 11.8 Å². The van der Waals surface area contributed by atoms with Gasteiger partial charge in [-0.15, -0.1) is 0 Å². The number of aliphatic carboxylic acids is 1. The molecule has 2 aromatic rings. The lowest BCUT2D eigenvalue weighted by Gasteiger charge is -2.41. The minimum Gasteiger partial charge on any atom is -0.481 e. The second kappa shape index (κ2) is 9.94. The molecule has 2 aromatic carbocycles. The number of hydrogen-bond donors (Lipinski definition) is 2. The van der Waals surface area contributed by atoms with E-state index in [4.69, 9.17) is 9.84 Å². The smallest absolute Gasteiger partial charge is 0.407 e. The van der Waals surface area contributed by atoms with E-state index in [1.165, 1.54) is 22.3 Å². The van der Waals surface area contributed by atoms with Crippen molar-refractivity contribution in [2.75, 3.05) is 19.7 Å². The van der Waals surface area contributed by atoms with Crippen LogP contribution in [0.5, 0.6) is 0 Å². The van der Waals surface area contributed by atoms with Gasteiger partial charge in [0.25, 0.3) is 0 Å². The molecule has 0 radical (unpaired) electrons. The Morgan fingerprint density at radius 1 is 1.00 bits per heavy atom. The molecule has 7 nitrogen and oxygen atoms in total. The van der Waals surface area contributed by atoms with Crippen LogP contribution in [0.3, 0.4) is 0 Å². The lowest BCUT2D eigenvalue weighted by Crippen LogP contribution is -2.53. The molecule has 0 unspecified atom stereocenters. The first kappa shape index (κ1) is 23.1. The number of ether oxygens (including phenoxy) is 1. The number of carbonyl (C=O) groups excluding carboxylic acids is 2. The summed E-state index contributed by atoms with van der Waals surface area (Å²) >= 11 is 0. The van der Waals surface area contributed by atoms with Gasteiger partial charge in [0, 0.05) is 31.3 Å². The summed E-state index contributed by atoms with van der Waals surface area (Å²) in [5, 5.41) is 11.7. The third-order valence-electron chi connectivity index (χ3n) is 7.36. The number of benzene rings is 2. The molecule has 7 heteroatoms. The van der Waals surface area contributed by atoms with Crippen LogP contribution in [-0.2, 0) is 14.3 Å². The van der Waals surface area contributed by atoms with Gasteiger partial charge in [0.2, 0.25) is 5.91 Å². The summed E-state index contributed by atoms with van der Waals surface area (Å²) in [6.45, 7) is 1.50. The standard InChI is InChI=1S/C28H30N2O5/c31-26(32)13-12-18-15-30(16-18)27(33)19-6-5-7-20(14-19)29-28(34)35-17-25-23-10-3-1-8-21(23)22-9-2-4-11-24(22)25/h1-5,7-11,18-20,25H,6,12-17H2,(H,29,34)(H,31,32)/t19-,20-/m1/s1. The van der Waals surface area contributed by atoms with Crippen molar-refractivity contribution in [1.82, 2.24) is 10.2 Å². The number of carboxylic acid groups (broad SMARTS) is 1. The molecule has 1 fully saturated rings. The topological polar surface area (TPSA) is 95.9 Å². The highest BCUT2D eigenvalue weighted by Crippen LogP contribution is 2.44. The number of amides is 2. The molecule has 3 aliphatic rings. The zero-order chi connectivity index (χ0) is 24.4. The van der Waals surface area contributed by atoms with Gasteiger partial charge in [-0.3, -0.25) is 9.59 Å². The molecule has 1 heterocycles. The molecule has 0 bridgehead atoms. The number of nitrogens with zero attached hydrogens (tertiary/aromatic N) is 1. The van der Waals surface area contributed by atoms with Crippen LogP contribution >= 0.6 is 0 Å². The summed E-state index contributed by atoms with van der Waals surface area (Å²) in [6, 6.07) is 16.2. The van der Waals surface area contributed by atoms with E-state index in [9.17, 15) is 14.4 Å². The van der Waals surface area contributed by atoms with Crippen molar-refractivity contribution >= 4 is 18.0 Å². The van der Waals surface area contributed by atoms with E-state index in [0.29, 0.717) is 32.4 Å². The van der Waals surface area contributed by atoms with Gasteiger partial charge in [0.05, 0.1) is 6.04 Å². The Balaban J connectivity index is 1.12. The van der Waals surface area contributed by atoms with Gasteiger partial charge in [0.1, 0.15) is 6.61 Å². The molecule has 182 valence electrons. The highest BCUT2D eigenvalue weighted by Gasteiger charge is 2.36. The fraction of sp³-hybridized carbons (Fsp3) is 0.393. The summed E-state index contributed by atoms with van der Waals surface area (Å²) in [5.41, 5.74) is 4.71. The van der Waals surface area contributed by atoms with Crippen LogP contribution in [0.1, 0.15) is 42.7 Å². The van der Waals surface area contributed by atoms with E-state index in [-0.39, 0.29) is 42.7 Å². The second-order valence-electron chi connectivity index (χ2n) is 9.71. The largest absolute Gasteiger partial charge is 0.481 e. The molecule has 0 saturated carbocycles. The van der Waals surface area contributed by atoms with Gasteiger partial charge in [-0.05, 0) is 47.4 Å². The van der Waals surface area contributed by atoms with E-state index in [0.717, 1.165) is 0 Å². The first-order valence-electron chi connectivity index (χ1n) is 12.3. The van der Waals surface area contributed by atoms with Crippen LogP contribution in [-0.4, -0.2) is 53.7 Å². The maximum Gasteiger partial charge on any atom is 0.407 e. The lowest BCUT2D eigenvalue weighted by molar-refractivity contribution is -0.143. The van der Waals surface area contributed by atoms with Gasteiger partial charge in [-0.25, -0.2) is 4.79 Å². The zero-order valence-corrected chi connectivity index (χ0v) is 19.6. The van der Waals surface area contributed by atoms with E-state index in [1.54, 1.807) is 4.90 Å². The monoisotopic (exact) mass is 474 g/mol. The molecule has 0 spiro atoms. The SMILES string of the molecule is O=C(O)CCC1CN(C(=O)[C@@H]2CC=C[C@@H](NC(=O)OCC3c4ccccc4-c4ccccc43)C2)C1. The van der Waals surface area contributed by atoms with Crippen molar-refractivity contribution in [2.45, 2.75) is 37.6 Å². The summed E-state index contributed by atoms with van der Waals surface area (Å²) in [6.07, 6.45) is 5.33. The van der Waals surface area contributed by atoms with E-state index in [1.807, 2.05) is 36.4 Å². The molecule has 0 aromatic heterocycles. The molecule has 1 aliphatic heterocycles. The number of nitrogens with one attached hydrogen (secondary N) is 1. The minimum absolute atomic E-state index is 0.00450. The van der Waals surface area contributed by atoms with Gasteiger partial charge in [-0.1, -0.05) is 60.7 Å². The summed E-state index contributed by atoms with van der Waals surface area (Å²) in [7, 11) is 0. The maximum atomic E-state index is 12.9. The van der Waals surface area contributed by atoms with Gasteiger partial charge in [-0.2, -0.15) is 0 Å². The molecule has 2 aliphatic carbocycles. The van der Waals surface area contributed by atoms with Crippen molar-refractivity contribution < 1.29 is 24.2 Å². The number of rotatable bonds is 7. The van der Waals surface area contributed by atoms with Crippen molar-refractivity contribution in [3.05, 3.63) is 71.8 Å². The Hall–Kier alpha value is -3.61. The van der Waals surface area contributed by atoms with Gasteiger partial charge < -0.3 is 20.1 Å².